The topological polar surface area (TPSA) is 0 Å². The molecule has 0 aliphatic rings. The van der Waals surface area contributed by atoms with Gasteiger partial charge in [0.15, 0.2) is 0 Å². The lowest BCUT2D eigenvalue weighted by atomic mass is 9.95. The van der Waals surface area contributed by atoms with E-state index in [1.165, 1.54) is 29.5 Å². The number of hydrogen-bond donors (Lipinski definition) is 0. The van der Waals surface area contributed by atoms with Gasteiger partial charge in [0.05, 0.1) is 0 Å². The van der Waals surface area contributed by atoms with Crippen LogP contribution in [0.5, 0.6) is 0 Å². The summed E-state index contributed by atoms with van der Waals surface area (Å²) >= 11 is 0. The third-order valence-electron chi connectivity index (χ3n) is 2.59. The fraction of sp³-hybridized carbons (Fsp3) is 0.500. The van der Waals surface area contributed by atoms with E-state index in [1.54, 1.807) is 0 Å². The lowest BCUT2D eigenvalue weighted by Gasteiger charge is -2.10. The van der Waals surface area contributed by atoms with Gasteiger partial charge in [-0.15, -0.1) is 0 Å². The van der Waals surface area contributed by atoms with Crippen LogP contribution >= 0.6 is 0 Å². The Morgan fingerprint density at radius 1 is 1.14 bits per heavy atom. The molecule has 0 aliphatic carbocycles. The Morgan fingerprint density at radius 3 is 2.29 bits per heavy atom. The Bertz CT molecular complexity index is 284. The first kappa shape index (κ1) is 11.3. The molecule has 14 heavy (non-hydrogen) atoms. The minimum absolute atomic E-state index is 0.400. The largest absolute Gasteiger partial charge is 0.0651 e. The van der Waals surface area contributed by atoms with Gasteiger partial charge in [-0.25, -0.2) is 0 Å². The standard InChI is InChI=1S/C14H21/c1-5-7-13-8-12(6-2)9-14(10-13)11(3)4/h8-11H,3,5-7H2,1-2,4H3. The van der Waals surface area contributed by atoms with Crippen LogP contribution in [-0.4, -0.2) is 0 Å². The van der Waals surface area contributed by atoms with Crippen LogP contribution in [0.25, 0.3) is 0 Å². The molecule has 1 aromatic carbocycles. The predicted octanol–water partition coefficient (Wildman–Crippen LogP) is 4.14. The van der Waals surface area contributed by atoms with Crippen LogP contribution in [0, 0.1) is 6.92 Å². The number of rotatable bonds is 4. The van der Waals surface area contributed by atoms with Gasteiger partial charge in [0, 0.05) is 0 Å². The van der Waals surface area contributed by atoms with Crippen molar-refractivity contribution in [2.45, 2.75) is 46.0 Å². The van der Waals surface area contributed by atoms with Crippen LogP contribution in [-0.2, 0) is 12.8 Å². The second-order valence-electron chi connectivity index (χ2n) is 4.09. The highest BCUT2D eigenvalue weighted by atomic mass is 14.1. The first-order valence-electron chi connectivity index (χ1n) is 5.63. The average Bonchev–Trinajstić information content (AvgIpc) is 2.17. The first-order valence-corrected chi connectivity index (χ1v) is 5.63. The van der Waals surface area contributed by atoms with Gasteiger partial charge in [0.2, 0.25) is 0 Å². The van der Waals surface area contributed by atoms with Crippen molar-refractivity contribution in [1.82, 2.24) is 0 Å². The summed E-state index contributed by atoms with van der Waals surface area (Å²) in [4.78, 5) is 0. The van der Waals surface area contributed by atoms with Crippen LogP contribution in [0.2, 0.25) is 0 Å². The van der Waals surface area contributed by atoms with Crippen molar-refractivity contribution >= 4 is 0 Å². The number of aryl methyl sites for hydroxylation is 2. The SMILES string of the molecule is [CH2]C(C)c1cc(CC)cc(CCC)c1. The Balaban J connectivity index is 3.00. The molecular formula is C14H21. The summed E-state index contributed by atoms with van der Waals surface area (Å²) in [6.45, 7) is 10.7. The van der Waals surface area contributed by atoms with E-state index in [9.17, 15) is 0 Å². The van der Waals surface area contributed by atoms with Gasteiger partial charge < -0.3 is 0 Å². The van der Waals surface area contributed by atoms with Crippen LogP contribution in [0.1, 0.15) is 49.8 Å². The number of hydrogen-bond acceptors (Lipinski definition) is 0. The van der Waals surface area contributed by atoms with Gasteiger partial charge in [0.25, 0.3) is 0 Å². The third-order valence-corrected chi connectivity index (χ3v) is 2.59. The second kappa shape index (κ2) is 5.19. The maximum atomic E-state index is 4.09. The van der Waals surface area contributed by atoms with Crippen molar-refractivity contribution in [3.63, 3.8) is 0 Å². The van der Waals surface area contributed by atoms with Crippen LogP contribution in [0.4, 0.5) is 0 Å². The fourth-order valence-electron chi connectivity index (χ4n) is 1.71. The van der Waals surface area contributed by atoms with Crippen LogP contribution in [0.3, 0.4) is 0 Å². The minimum atomic E-state index is 0.400. The molecular weight excluding hydrogens is 168 g/mol. The second-order valence-corrected chi connectivity index (χ2v) is 4.09. The molecule has 0 saturated heterocycles. The maximum Gasteiger partial charge on any atom is -0.0190 e. The molecule has 0 amide bonds. The molecule has 1 atom stereocenters. The summed E-state index contributed by atoms with van der Waals surface area (Å²) in [5, 5.41) is 0. The molecule has 0 spiro atoms. The van der Waals surface area contributed by atoms with Gasteiger partial charge in [-0.1, -0.05) is 45.4 Å². The van der Waals surface area contributed by atoms with E-state index in [1.807, 2.05) is 0 Å². The lowest BCUT2D eigenvalue weighted by molar-refractivity contribution is 0.896. The molecule has 0 aliphatic heterocycles. The summed E-state index contributed by atoms with van der Waals surface area (Å²) < 4.78 is 0. The van der Waals surface area contributed by atoms with Crippen LogP contribution < -0.4 is 0 Å². The van der Waals surface area contributed by atoms with Gasteiger partial charge in [0.1, 0.15) is 0 Å². The van der Waals surface area contributed by atoms with Crippen molar-refractivity contribution in [3.8, 4) is 0 Å². The maximum absolute atomic E-state index is 4.09. The van der Waals surface area contributed by atoms with Gasteiger partial charge in [-0.2, -0.15) is 0 Å². The molecule has 0 bridgehead atoms. The van der Waals surface area contributed by atoms with Crippen molar-refractivity contribution in [1.29, 1.82) is 0 Å². The summed E-state index contributed by atoms with van der Waals surface area (Å²) in [5.41, 5.74) is 4.30. The third kappa shape index (κ3) is 2.87. The first-order chi connectivity index (χ1) is 6.67. The van der Waals surface area contributed by atoms with E-state index in [0.29, 0.717) is 5.92 Å². The molecule has 1 aromatic rings. The Kier molecular flexibility index (Phi) is 4.19. The van der Waals surface area contributed by atoms with Gasteiger partial charge >= 0.3 is 0 Å². The van der Waals surface area contributed by atoms with Gasteiger partial charge in [-0.3, -0.25) is 0 Å². The molecule has 1 rings (SSSR count). The highest BCUT2D eigenvalue weighted by molar-refractivity contribution is 5.32. The zero-order valence-corrected chi connectivity index (χ0v) is 9.64. The van der Waals surface area contributed by atoms with Gasteiger partial charge in [-0.05, 0) is 42.4 Å². The van der Waals surface area contributed by atoms with E-state index in [4.69, 9.17) is 0 Å². The fourth-order valence-corrected chi connectivity index (χ4v) is 1.71. The van der Waals surface area contributed by atoms with E-state index < -0.39 is 0 Å². The lowest BCUT2D eigenvalue weighted by Crippen LogP contribution is -1.94. The summed E-state index contributed by atoms with van der Waals surface area (Å²) in [6, 6.07) is 6.92. The molecule has 1 unspecified atom stereocenters. The number of benzene rings is 1. The van der Waals surface area contributed by atoms with Crippen LogP contribution in [0.15, 0.2) is 18.2 Å². The molecule has 0 saturated carbocycles. The average molecular weight is 189 g/mol. The van der Waals surface area contributed by atoms with E-state index in [0.717, 1.165) is 6.42 Å². The van der Waals surface area contributed by atoms with E-state index >= 15 is 0 Å². The molecule has 0 fully saturated rings. The molecule has 0 aromatic heterocycles. The molecule has 0 heterocycles. The summed E-state index contributed by atoms with van der Waals surface area (Å²) in [5.74, 6) is 0.400. The molecule has 0 heteroatoms. The normalized spacial score (nSPS) is 10.9. The molecule has 0 nitrogen and oxygen atoms in total. The highest BCUT2D eigenvalue weighted by Crippen LogP contribution is 2.19. The zero-order valence-electron chi connectivity index (χ0n) is 9.64. The monoisotopic (exact) mass is 189 g/mol. The summed E-state index contributed by atoms with van der Waals surface area (Å²) in [6.07, 6.45) is 3.53. The molecule has 77 valence electrons. The zero-order chi connectivity index (χ0) is 10.6. The minimum Gasteiger partial charge on any atom is -0.0651 e. The Morgan fingerprint density at radius 2 is 1.79 bits per heavy atom. The van der Waals surface area contributed by atoms with Crippen molar-refractivity contribution in [3.05, 3.63) is 41.8 Å². The smallest absolute Gasteiger partial charge is 0.0190 e. The predicted molar refractivity (Wildman–Crippen MR) is 63.6 cm³/mol. The van der Waals surface area contributed by atoms with Crippen molar-refractivity contribution in [2.24, 2.45) is 0 Å². The molecule has 1 radical (unpaired) electrons. The summed E-state index contributed by atoms with van der Waals surface area (Å²) in [7, 11) is 0. The Labute approximate surface area is 88.4 Å². The van der Waals surface area contributed by atoms with E-state index in [2.05, 4.69) is 45.9 Å². The van der Waals surface area contributed by atoms with Crippen molar-refractivity contribution < 1.29 is 0 Å². The van der Waals surface area contributed by atoms with E-state index in [-0.39, 0.29) is 0 Å². The highest BCUT2D eigenvalue weighted by Gasteiger charge is 2.03. The Hall–Kier alpha value is -0.780. The molecule has 0 N–H and O–H groups in total. The quantitative estimate of drug-likeness (QED) is 0.667. The van der Waals surface area contributed by atoms with Crippen molar-refractivity contribution in [2.75, 3.05) is 0 Å².